The van der Waals surface area contributed by atoms with Gasteiger partial charge in [-0.05, 0) is 51.1 Å². The van der Waals surface area contributed by atoms with Gasteiger partial charge in [0.1, 0.15) is 16.7 Å². The van der Waals surface area contributed by atoms with Gasteiger partial charge in [-0.2, -0.15) is 4.31 Å². The molecule has 1 unspecified atom stereocenters. The van der Waals surface area contributed by atoms with Gasteiger partial charge in [0.15, 0.2) is 0 Å². The molecule has 1 aliphatic heterocycles. The molecule has 3 rings (SSSR count). The van der Waals surface area contributed by atoms with Crippen molar-refractivity contribution in [3.63, 3.8) is 0 Å². The van der Waals surface area contributed by atoms with Crippen LogP contribution in [0.25, 0.3) is 0 Å². The number of ether oxygens (including phenoxy) is 1. The number of carbonyl (C=O) groups is 3. The summed E-state index contributed by atoms with van der Waals surface area (Å²) in [5.74, 6) is -1.53. The van der Waals surface area contributed by atoms with Crippen molar-refractivity contribution in [3.05, 3.63) is 53.1 Å². The first-order valence-corrected chi connectivity index (χ1v) is 12.6. The number of imide groups is 1. The van der Waals surface area contributed by atoms with Gasteiger partial charge in [0.05, 0.1) is 17.7 Å². The van der Waals surface area contributed by atoms with Crippen LogP contribution in [-0.2, 0) is 14.8 Å². The minimum atomic E-state index is -3.87. The third-order valence-electron chi connectivity index (χ3n) is 5.67. The standard InChI is InChI=1S/C24H29N3O6S/c1-6-26(7-2)34(31,32)21-14-17(10-12-20(21)33-8-3)25-22(28)16(5)27-23(29)18-11-9-15(4)13-19(18)24(27)30/h9-14,16H,6-8H2,1-5H3,(H,25,28). The first kappa shape index (κ1) is 25.4. The highest BCUT2D eigenvalue weighted by Gasteiger charge is 2.41. The number of anilines is 1. The molecule has 1 heterocycles. The Morgan fingerprint density at radius 1 is 1.03 bits per heavy atom. The summed E-state index contributed by atoms with van der Waals surface area (Å²) < 4.78 is 33.1. The zero-order chi connectivity index (χ0) is 25.2. The summed E-state index contributed by atoms with van der Waals surface area (Å²) >= 11 is 0. The fourth-order valence-corrected chi connectivity index (χ4v) is 5.47. The Bertz CT molecular complexity index is 1240. The van der Waals surface area contributed by atoms with Crippen molar-refractivity contribution in [1.29, 1.82) is 0 Å². The highest BCUT2D eigenvalue weighted by molar-refractivity contribution is 7.89. The molecule has 2 aromatic carbocycles. The quantitative estimate of drug-likeness (QED) is 0.544. The lowest BCUT2D eigenvalue weighted by atomic mass is 10.1. The number of carbonyl (C=O) groups excluding carboxylic acids is 3. The van der Waals surface area contributed by atoms with Gasteiger partial charge in [-0.15, -0.1) is 0 Å². The maximum absolute atomic E-state index is 13.1. The molecule has 0 bridgehead atoms. The van der Waals surface area contributed by atoms with Crippen LogP contribution in [0.4, 0.5) is 5.69 Å². The van der Waals surface area contributed by atoms with E-state index in [4.69, 9.17) is 4.74 Å². The molecule has 1 aliphatic rings. The van der Waals surface area contributed by atoms with Crippen LogP contribution >= 0.6 is 0 Å². The van der Waals surface area contributed by atoms with E-state index < -0.39 is 33.8 Å². The fraction of sp³-hybridized carbons (Fsp3) is 0.375. The zero-order valence-corrected chi connectivity index (χ0v) is 20.7. The predicted octanol–water partition coefficient (Wildman–Crippen LogP) is 3.05. The van der Waals surface area contributed by atoms with Crippen molar-refractivity contribution in [3.8, 4) is 5.75 Å². The summed E-state index contributed by atoms with van der Waals surface area (Å²) in [6.07, 6.45) is 0. The topological polar surface area (TPSA) is 113 Å². The van der Waals surface area contributed by atoms with Crippen molar-refractivity contribution >= 4 is 33.4 Å². The van der Waals surface area contributed by atoms with E-state index in [9.17, 15) is 22.8 Å². The molecule has 0 spiro atoms. The van der Waals surface area contributed by atoms with Crippen LogP contribution < -0.4 is 10.1 Å². The lowest BCUT2D eigenvalue weighted by Gasteiger charge is -2.23. The lowest BCUT2D eigenvalue weighted by Crippen LogP contribution is -2.45. The van der Waals surface area contributed by atoms with Gasteiger partial charge in [0.2, 0.25) is 15.9 Å². The van der Waals surface area contributed by atoms with E-state index in [-0.39, 0.29) is 47.2 Å². The van der Waals surface area contributed by atoms with E-state index in [0.29, 0.717) is 0 Å². The van der Waals surface area contributed by atoms with Crippen LogP contribution in [0.3, 0.4) is 0 Å². The summed E-state index contributed by atoms with van der Waals surface area (Å²) in [6.45, 7) is 9.29. The van der Waals surface area contributed by atoms with E-state index in [1.54, 1.807) is 39.0 Å². The lowest BCUT2D eigenvalue weighted by molar-refractivity contribution is -0.119. The van der Waals surface area contributed by atoms with E-state index in [2.05, 4.69) is 5.32 Å². The maximum Gasteiger partial charge on any atom is 0.262 e. The Morgan fingerprint density at radius 3 is 2.29 bits per heavy atom. The summed E-state index contributed by atoms with van der Waals surface area (Å²) in [4.78, 5) is 39.4. The third-order valence-corrected chi connectivity index (χ3v) is 7.75. The van der Waals surface area contributed by atoms with Gasteiger partial charge in [-0.1, -0.05) is 25.5 Å². The minimum Gasteiger partial charge on any atom is -0.492 e. The molecule has 1 atom stereocenters. The number of benzene rings is 2. The van der Waals surface area contributed by atoms with Crippen LogP contribution in [-0.4, -0.2) is 61.1 Å². The van der Waals surface area contributed by atoms with Crippen LogP contribution in [0.1, 0.15) is 54.0 Å². The first-order chi connectivity index (χ1) is 16.1. The molecule has 0 radical (unpaired) electrons. The van der Waals surface area contributed by atoms with Gasteiger partial charge in [0.25, 0.3) is 11.8 Å². The Balaban J connectivity index is 1.89. The van der Waals surface area contributed by atoms with Crippen LogP contribution in [0.5, 0.6) is 5.75 Å². The van der Waals surface area contributed by atoms with E-state index in [1.165, 1.54) is 29.4 Å². The number of nitrogens with zero attached hydrogens (tertiary/aromatic N) is 2. The van der Waals surface area contributed by atoms with Crippen LogP contribution in [0, 0.1) is 6.92 Å². The summed E-state index contributed by atoms with van der Waals surface area (Å²) in [7, 11) is -3.87. The monoisotopic (exact) mass is 487 g/mol. The first-order valence-electron chi connectivity index (χ1n) is 11.1. The number of rotatable bonds is 9. The Hall–Kier alpha value is -3.24. The average Bonchev–Trinajstić information content (AvgIpc) is 3.04. The smallest absolute Gasteiger partial charge is 0.262 e. The molecular formula is C24H29N3O6S. The highest BCUT2D eigenvalue weighted by Crippen LogP contribution is 2.31. The van der Waals surface area contributed by atoms with Crippen molar-refractivity contribution in [1.82, 2.24) is 9.21 Å². The molecule has 9 nitrogen and oxygen atoms in total. The van der Waals surface area contributed by atoms with E-state index in [0.717, 1.165) is 10.5 Å². The van der Waals surface area contributed by atoms with Crippen LogP contribution in [0.2, 0.25) is 0 Å². The van der Waals surface area contributed by atoms with E-state index in [1.807, 2.05) is 6.92 Å². The molecule has 0 fully saturated rings. The average molecular weight is 488 g/mol. The number of hydrogen-bond donors (Lipinski definition) is 1. The van der Waals surface area contributed by atoms with Gasteiger partial charge in [-0.25, -0.2) is 8.42 Å². The van der Waals surface area contributed by atoms with Gasteiger partial charge in [0, 0.05) is 18.8 Å². The second kappa shape index (κ2) is 9.94. The molecular weight excluding hydrogens is 458 g/mol. The van der Waals surface area contributed by atoms with Crippen molar-refractivity contribution in [2.75, 3.05) is 25.0 Å². The molecule has 0 aromatic heterocycles. The third kappa shape index (κ3) is 4.55. The highest BCUT2D eigenvalue weighted by atomic mass is 32.2. The maximum atomic E-state index is 13.1. The Labute approximate surface area is 199 Å². The largest absolute Gasteiger partial charge is 0.492 e. The minimum absolute atomic E-state index is 0.0697. The number of hydrogen-bond acceptors (Lipinski definition) is 6. The zero-order valence-electron chi connectivity index (χ0n) is 19.9. The van der Waals surface area contributed by atoms with Gasteiger partial charge < -0.3 is 10.1 Å². The Morgan fingerprint density at radius 2 is 1.68 bits per heavy atom. The molecule has 34 heavy (non-hydrogen) atoms. The summed E-state index contributed by atoms with van der Waals surface area (Å²) in [6, 6.07) is 8.14. The molecule has 1 N–H and O–H groups in total. The van der Waals surface area contributed by atoms with E-state index >= 15 is 0 Å². The molecule has 0 saturated heterocycles. The number of aryl methyl sites for hydroxylation is 1. The Kier molecular flexibility index (Phi) is 7.42. The molecule has 3 amide bonds. The normalized spacial score (nSPS) is 14.4. The van der Waals surface area contributed by atoms with Crippen molar-refractivity contribution in [2.45, 2.75) is 45.6 Å². The number of fused-ring (bicyclic) bond motifs is 1. The summed E-state index contributed by atoms with van der Waals surface area (Å²) in [5.41, 5.74) is 1.55. The molecule has 0 aliphatic carbocycles. The number of nitrogens with one attached hydrogen (secondary N) is 1. The summed E-state index contributed by atoms with van der Waals surface area (Å²) in [5, 5.41) is 2.63. The molecule has 10 heteroatoms. The van der Waals surface area contributed by atoms with Crippen molar-refractivity contribution < 1.29 is 27.5 Å². The predicted molar refractivity (Wildman–Crippen MR) is 127 cm³/mol. The van der Waals surface area contributed by atoms with Crippen molar-refractivity contribution in [2.24, 2.45) is 0 Å². The molecule has 2 aromatic rings. The molecule has 0 saturated carbocycles. The SMILES string of the molecule is CCOc1ccc(NC(=O)C(C)N2C(=O)c3ccc(C)cc3C2=O)cc1S(=O)(=O)N(CC)CC. The second-order valence-electron chi connectivity index (χ2n) is 7.88. The number of amides is 3. The fourth-order valence-electron chi connectivity index (χ4n) is 3.85. The number of sulfonamides is 1. The van der Waals surface area contributed by atoms with Gasteiger partial charge in [-0.3, -0.25) is 19.3 Å². The van der Waals surface area contributed by atoms with Crippen LogP contribution in [0.15, 0.2) is 41.3 Å². The second-order valence-corrected chi connectivity index (χ2v) is 9.78. The molecule has 182 valence electrons. The van der Waals surface area contributed by atoms with Gasteiger partial charge >= 0.3 is 0 Å².